The number of anilines is 1. The molecule has 140 valence electrons. The lowest BCUT2D eigenvalue weighted by Gasteiger charge is -2.23. The zero-order valence-electron chi connectivity index (χ0n) is 14.5. The van der Waals surface area contributed by atoms with Crippen molar-refractivity contribution in [2.75, 3.05) is 5.32 Å². The van der Waals surface area contributed by atoms with Crippen LogP contribution < -0.4 is 5.32 Å². The number of nitriles is 1. The smallest absolute Gasteiger partial charge is 0.307 e. The Bertz CT molecular complexity index is 1140. The average Bonchev–Trinajstić information content (AvgIpc) is 3.04. The number of ether oxygens (including phenoxy) is 1. The van der Waals surface area contributed by atoms with E-state index in [1.54, 1.807) is 18.3 Å². The van der Waals surface area contributed by atoms with Crippen LogP contribution in [0.1, 0.15) is 17.5 Å². The number of nitrogens with one attached hydrogen (secondary N) is 1. The highest BCUT2D eigenvalue weighted by Crippen LogP contribution is 2.38. The fraction of sp³-hybridized carbons (Fsp3) is 0.150. The minimum absolute atomic E-state index is 0.0192. The molecule has 0 saturated heterocycles. The highest BCUT2D eigenvalue weighted by molar-refractivity contribution is 8.01. The summed E-state index contributed by atoms with van der Waals surface area (Å²) >= 11 is 7.25. The Labute approximate surface area is 170 Å². The molecule has 0 aliphatic carbocycles. The van der Waals surface area contributed by atoms with Crippen molar-refractivity contribution in [2.45, 2.75) is 23.2 Å². The average molecular weight is 412 g/mol. The number of amides is 1. The van der Waals surface area contributed by atoms with E-state index in [1.165, 1.54) is 11.8 Å². The molecule has 0 radical (unpaired) electrons. The van der Waals surface area contributed by atoms with E-state index in [1.807, 2.05) is 34.9 Å². The molecule has 1 unspecified atom stereocenters. The number of hydrogen-bond donors (Lipinski definition) is 1. The molecule has 0 bridgehead atoms. The van der Waals surface area contributed by atoms with Gasteiger partial charge in [-0.2, -0.15) is 5.26 Å². The predicted octanol–water partition coefficient (Wildman–Crippen LogP) is 4.01. The van der Waals surface area contributed by atoms with Crippen molar-refractivity contribution < 1.29 is 14.3 Å². The molecule has 1 aliphatic heterocycles. The summed E-state index contributed by atoms with van der Waals surface area (Å²) in [5.74, 6) is -0.756. The largest absolute Gasteiger partial charge is 0.461 e. The zero-order valence-corrected chi connectivity index (χ0v) is 16.1. The number of fused-ring (bicyclic) bond motifs is 2. The van der Waals surface area contributed by atoms with Crippen molar-refractivity contribution >= 4 is 46.4 Å². The first-order valence-corrected chi connectivity index (χ1v) is 9.72. The number of aromatic nitrogens is 1. The molecule has 8 heteroatoms. The number of carbonyl (C=O) groups excluding carboxylic acids is 2. The standard InChI is InChI=1S/C20H14ClN3O3S/c21-13-4-5-17-15(7-13)23-20(26)18(28-17)8-19(25)27-11-12-10-24-6-2-1-3-16(24)14(12)9-22/h1-7,10,18H,8,11H2,(H,23,26). The monoisotopic (exact) mass is 411 g/mol. The number of rotatable bonds is 4. The van der Waals surface area contributed by atoms with Crippen molar-refractivity contribution in [3.8, 4) is 6.07 Å². The van der Waals surface area contributed by atoms with E-state index in [0.717, 1.165) is 10.4 Å². The van der Waals surface area contributed by atoms with Crippen LogP contribution in [0.4, 0.5) is 5.69 Å². The van der Waals surface area contributed by atoms with Gasteiger partial charge in [-0.15, -0.1) is 11.8 Å². The summed E-state index contributed by atoms with van der Waals surface area (Å²) in [5, 5.41) is 12.1. The van der Waals surface area contributed by atoms with Crippen LogP contribution in [-0.2, 0) is 20.9 Å². The van der Waals surface area contributed by atoms with Crippen LogP contribution >= 0.6 is 23.4 Å². The molecule has 1 atom stereocenters. The molecule has 1 amide bonds. The normalized spacial score (nSPS) is 15.6. The van der Waals surface area contributed by atoms with Gasteiger partial charge in [0.2, 0.25) is 5.91 Å². The maximum Gasteiger partial charge on any atom is 0.307 e. The number of hydrogen-bond acceptors (Lipinski definition) is 5. The Balaban J connectivity index is 1.42. The summed E-state index contributed by atoms with van der Waals surface area (Å²) in [4.78, 5) is 25.4. The summed E-state index contributed by atoms with van der Waals surface area (Å²) in [6.07, 6.45) is 3.53. The van der Waals surface area contributed by atoms with E-state index in [4.69, 9.17) is 16.3 Å². The third kappa shape index (κ3) is 3.57. The topological polar surface area (TPSA) is 83.6 Å². The van der Waals surface area contributed by atoms with Crippen LogP contribution in [-0.4, -0.2) is 21.5 Å². The number of halogens is 1. The van der Waals surface area contributed by atoms with Gasteiger partial charge in [-0.3, -0.25) is 9.59 Å². The molecule has 0 spiro atoms. The van der Waals surface area contributed by atoms with Gasteiger partial charge in [0.05, 0.1) is 28.4 Å². The van der Waals surface area contributed by atoms with Crippen molar-refractivity contribution in [1.82, 2.24) is 4.40 Å². The quantitative estimate of drug-likeness (QED) is 0.656. The Kier molecular flexibility index (Phi) is 4.99. The fourth-order valence-corrected chi connectivity index (χ4v) is 4.29. The van der Waals surface area contributed by atoms with Gasteiger partial charge in [-0.25, -0.2) is 0 Å². The first-order valence-electron chi connectivity index (χ1n) is 8.46. The molecule has 2 aromatic heterocycles. The second-order valence-corrected chi connectivity index (χ2v) is 7.92. The number of benzene rings is 1. The van der Waals surface area contributed by atoms with Crippen LogP contribution in [0.15, 0.2) is 53.7 Å². The SMILES string of the molecule is N#Cc1c(COC(=O)CC2Sc3ccc(Cl)cc3NC2=O)cn2ccccc12. The minimum Gasteiger partial charge on any atom is -0.461 e. The summed E-state index contributed by atoms with van der Waals surface area (Å²) in [5.41, 5.74) is 2.51. The van der Waals surface area contributed by atoms with Gasteiger partial charge in [0.25, 0.3) is 0 Å². The summed E-state index contributed by atoms with van der Waals surface area (Å²) in [7, 11) is 0. The maximum absolute atomic E-state index is 12.3. The maximum atomic E-state index is 12.3. The summed E-state index contributed by atoms with van der Waals surface area (Å²) < 4.78 is 7.15. The van der Waals surface area contributed by atoms with Crippen LogP contribution in [0, 0.1) is 11.3 Å². The molecule has 28 heavy (non-hydrogen) atoms. The van der Waals surface area contributed by atoms with Crippen LogP contribution in [0.2, 0.25) is 5.02 Å². The Hall–Kier alpha value is -2.95. The fourth-order valence-electron chi connectivity index (χ4n) is 3.04. The van der Waals surface area contributed by atoms with Gasteiger partial charge in [-0.05, 0) is 30.3 Å². The summed E-state index contributed by atoms with van der Waals surface area (Å²) in [6.45, 7) is -0.0192. The van der Waals surface area contributed by atoms with Crippen molar-refractivity contribution in [3.63, 3.8) is 0 Å². The number of esters is 1. The Morgan fingerprint density at radius 1 is 1.36 bits per heavy atom. The van der Waals surface area contributed by atoms with E-state index in [9.17, 15) is 14.9 Å². The molecule has 1 aliphatic rings. The highest BCUT2D eigenvalue weighted by atomic mass is 35.5. The van der Waals surface area contributed by atoms with Gasteiger partial charge < -0.3 is 14.5 Å². The minimum atomic E-state index is -0.579. The molecular formula is C20H14ClN3O3S. The molecule has 3 aromatic rings. The van der Waals surface area contributed by atoms with Crippen LogP contribution in [0.5, 0.6) is 0 Å². The van der Waals surface area contributed by atoms with E-state index >= 15 is 0 Å². The van der Waals surface area contributed by atoms with E-state index < -0.39 is 11.2 Å². The van der Waals surface area contributed by atoms with Gasteiger partial charge in [0.15, 0.2) is 0 Å². The van der Waals surface area contributed by atoms with Gasteiger partial charge in [0, 0.05) is 27.9 Å². The predicted molar refractivity (Wildman–Crippen MR) is 106 cm³/mol. The second kappa shape index (κ2) is 7.58. The van der Waals surface area contributed by atoms with Crippen LogP contribution in [0.25, 0.3) is 5.52 Å². The molecule has 4 rings (SSSR count). The van der Waals surface area contributed by atoms with Crippen molar-refractivity contribution in [1.29, 1.82) is 5.26 Å². The van der Waals surface area contributed by atoms with E-state index in [2.05, 4.69) is 11.4 Å². The molecule has 6 nitrogen and oxygen atoms in total. The third-order valence-corrected chi connectivity index (χ3v) is 5.89. The number of carbonyl (C=O) groups is 2. The number of pyridine rings is 1. The van der Waals surface area contributed by atoms with Crippen molar-refractivity contribution in [3.05, 3.63) is 64.9 Å². The van der Waals surface area contributed by atoms with Gasteiger partial charge in [-0.1, -0.05) is 17.7 Å². The summed E-state index contributed by atoms with van der Waals surface area (Å²) in [6, 6.07) is 12.9. The lowest BCUT2D eigenvalue weighted by Crippen LogP contribution is -2.31. The first-order chi connectivity index (χ1) is 13.5. The zero-order chi connectivity index (χ0) is 19.7. The van der Waals surface area contributed by atoms with Crippen molar-refractivity contribution in [2.24, 2.45) is 0 Å². The molecule has 1 aromatic carbocycles. The highest BCUT2D eigenvalue weighted by Gasteiger charge is 2.29. The Morgan fingerprint density at radius 3 is 3.04 bits per heavy atom. The lowest BCUT2D eigenvalue weighted by atomic mass is 10.2. The number of thioether (sulfide) groups is 1. The van der Waals surface area contributed by atoms with E-state index in [-0.39, 0.29) is 18.9 Å². The third-order valence-electron chi connectivity index (χ3n) is 4.38. The molecule has 1 N–H and O–H groups in total. The lowest BCUT2D eigenvalue weighted by molar-refractivity contribution is -0.145. The molecule has 0 saturated carbocycles. The molecule has 0 fully saturated rings. The Morgan fingerprint density at radius 2 is 2.21 bits per heavy atom. The van der Waals surface area contributed by atoms with E-state index in [0.29, 0.717) is 21.8 Å². The van der Waals surface area contributed by atoms with Gasteiger partial charge >= 0.3 is 5.97 Å². The molecule has 3 heterocycles. The van der Waals surface area contributed by atoms with Gasteiger partial charge in [0.1, 0.15) is 12.7 Å². The number of nitrogens with zero attached hydrogens (tertiary/aromatic N) is 2. The second-order valence-electron chi connectivity index (χ2n) is 6.24. The van der Waals surface area contributed by atoms with Crippen LogP contribution in [0.3, 0.4) is 0 Å². The molecular weight excluding hydrogens is 398 g/mol. The first kappa shape index (κ1) is 18.4.